The van der Waals surface area contributed by atoms with Gasteiger partial charge in [0.2, 0.25) is 0 Å². The van der Waals surface area contributed by atoms with Crippen LogP contribution in [0.3, 0.4) is 0 Å². The molecule has 0 saturated carbocycles. The second kappa shape index (κ2) is 8.92. The van der Waals surface area contributed by atoms with Crippen molar-refractivity contribution in [2.24, 2.45) is 5.10 Å². The number of amides is 1. The third kappa shape index (κ3) is 5.12. The number of hydrazone groups is 1. The van der Waals surface area contributed by atoms with Crippen molar-refractivity contribution in [3.63, 3.8) is 0 Å². The number of ketones is 1. The molecule has 27 heavy (non-hydrogen) atoms. The van der Waals surface area contributed by atoms with Gasteiger partial charge >= 0.3 is 0 Å². The SMILES string of the molecule is O=C(C/C(=N/NC(=O)c1ccccc1)c1ccccc1)c1ccc(Cl)cc1. The molecule has 1 amide bonds. The summed E-state index contributed by atoms with van der Waals surface area (Å²) in [5.74, 6) is -0.439. The van der Waals surface area contributed by atoms with E-state index in [9.17, 15) is 9.59 Å². The summed E-state index contributed by atoms with van der Waals surface area (Å²) in [5.41, 5.74) is 4.83. The van der Waals surface area contributed by atoms with Crippen LogP contribution in [-0.4, -0.2) is 17.4 Å². The average Bonchev–Trinajstić information content (AvgIpc) is 2.72. The van der Waals surface area contributed by atoms with Gasteiger partial charge in [0, 0.05) is 16.1 Å². The Labute approximate surface area is 162 Å². The van der Waals surface area contributed by atoms with Gasteiger partial charge in [-0.25, -0.2) is 5.43 Å². The van der Waals surface area contributed by atoms with E-state index in [4.69, 9.17) is 11.6 Å². The molecule has 0 bridgehead atoms. The number of hydrogen-bond donors (Lipinski definition) is 1. The van der Waals surface area contributed by atoms with Crippen molar-refractivity contribution in [2.45, 2.75) is 6.42 Å². The highest BCUT2D eigenvalue weighted by Crippen LogP contribution is 2.13. The van der Waals surface area contributed by atoms with Crippen LogP contribution in [-0.2, 0) is 0 Å². The Kier molecular flexibility index (Phi) is 6.13. The van der Waals surface area contributed by atoms with Crippen molar-refractivity contribution in [3.05, 3.63) is 107 Å². The van der Waals surface area contributed by atoms with Crippen LogP contribution < -0.4 is 5.43 Å². The number of rotatable bonds is 6. The van der Waals surface area contributed by atoms with Crippen LogP contribution in [0.25, 0.3) is 0 Å². The van der Waals surface area contributed by atoms with Gasteiger partial charge in [-0.2, -0.15) is 5.10 Å². The topological polar surface area (TPSA) is 58.5 Å². The van der Waals surface area contributed by atoms with Gasteiger partial charge in [-0.15, -0.1) is 0 Å². The predicted molar refractivity (Wildman–Crippen MR) is 107 cm³/mol. The Balaban J connectivity index is 1.82. The highest BCUT2D eigenvalue weighted by Gasteiger charge is 2.13. The van der Waals surface area contributed by atoms with Crippen molar-refractivity contribution in [3.8, 4) is 0 Å². The lowest BCUT2D eigenvalue weighted by Crippen LogP contribution is -2.21. The maximum absolute atomic E-state index is 12.6. The summed E-state index contributed by atoms with van der Waals surface area (Å²) in [6.45, 7) is 0. The van der Waals surface area contributed by atoms with E-state index in [2.05, 4.69) is 10.5 Å². The average molecular weight is 377 g/mol. The van der Waals surface area contributed by atoms with Gasteiger partial charge in [-0.3, -0.25) is 9.59 Å². The molecular formula is C22H17ClN2O2. The molecule has 0 spiro atoms. The Bertz CT molecular complexity index is 953. The zero-order chi connectivity index (χ0) is 19.1. The van der Waals surface area contributed by atoms with E-state index in [1.54, 1.807) is 48.5 Å². The van der Waals surface area contributed by atoms with Gasteiger partial charge in [0.05, 0.1) is 12.1 Å². The van der Waals surface area contributed by atoms with Crippen molar-refractivity contribution in [2.75, 3.05) is 0 Å². The second-order valence-corrected chi connectivity index (χ2v) is 6.27. The zero-order valence-corrected chi connectivity index (χ0v) is 15.2. The van der Waals surface area contributed by atoms with E-state index in [1.807, 2.05) is 36.4 Å². The number of benzene rings is 3. The first-order chi connectivity index (χ1) is 13.1. The minimum atomic E-state index is -0.331. The minimum Gasteiger partial charge on any atom is -0.294 e. The maximum atomic E-state index is 12.6. The number of nitrogens with zero attached hydrogens (tertiary/aromatic N) is 1. The van der Waals surface area contributed by atoms with E-state index in [-0.39, 0.29) is 18.1 Å². The Morgan fingerprint density at radius 1 is 0.741 bits per heavy atom. The molecule has 5 heteroatoms. The summed E-state index contributed by atoms with van der Waals surface area (Å²) in [4.78, 5) is 24.9. The van der Waals surface area contributed by atoms with Crippen LogP contribution in [0.4, 0.5) is 0 Å². The lowest BCUT2D eigenvalue weighted by atomic mass is 10.0. The van der Waals surface area contributed by atoms with E-state index in [0.717, 1.165) is 5.56 Å². The molecule has 0 radical (unpaired) electrons. The molecule has 0 saturated heterocycles. The van der Waals surface area contributed by atoms with Gasteiger partial charge in [-0.05, 0) is 42.0 Å². The quantitative estimate of drug-likeness (QED) is 0.383. The fourth-order valence-electron chi connectivity index (χ4n) is 2.50. The molecule has 1 N–H and O–H groups in total. The maximum Gasteiger partial charge on any atom is 0.271 e. The van der Waals surface area contributed by atoms with Crippen LogP contribution >= 0.6 is 11.6 Å². The Morgan fingerprint density at radius 2 is 1.30 bits per heavy atom. The molecule has 0 heterocycles. The third-order valence-corrected chi connectivity index (χ3v) is 4.18. The van der Waals surface area contributed by atoms with E-state index >= 15 is 0 Å². The van der Waals surface area contributed by atoms with Crippen LogP contribution in [0, 0.1) is 0 Å². The normalized spacial score (nSPS) is 11.1. The molecule has 0 aliphatic heterocycles. The summed E-state index contributed by atoms with van der Waals surface area (Å²) in [7, 11) is 0. The number of carbonyl (C=O) groups is 2. The highest BCUT2D eigenvalue weighted by molar-refractivity contribution is 6.30. The molecule has 0 atom stereocenters. The Morgan fingerprint density at radius 3 is 1.89 bits per heavy atom. The first-order valence-corrected chi connectivity index (χ1v) is 8.77. The molecule has 0 unspecified atom stereocenters. The monoisotopic (exact) mass is 376 g/mol. The van der Waals surface area contributed by atoms with Crippen molar-refractivity contribution < 1.29 is 9.59 Å². The number of Topliss-reactive ketones (excluding diaryl/α,β-unsaturated/α-hetero) is 1. The van der Waals surface area contributed by atoms with Gasteiger partial charge in [0.25, 0.3) is 5.91 Å². The molecule has 0 aliphatic carbocycles. The number of hydrogen-bond acceptors (Lipinski definition) is 3. The van der Waals surface area contributed by atoms with Crippen molar-refractivity contribution in [1.82, 2.24) is 5.43 Å². The molecule has 3 aromatic carbocycles. The fraction of sp³-hybridized carbons (Fsp3) is 0.0455. The van der Waals surface area contributed by atoms with Gasteiger partial charge in [0.1, 0.15) is 0 Å². The lowest BCUT2D eigenvalue weighted by molar-refractivity contribution is 0.0951. The molecule has 0 aromatic heterocycles. The third-order valence-electron chi connectivity index (χ3n) is 3.93. The standard InChI is InChI=1S/C22H17ClN2O2/c23-19-13-11-17(12-14-19)21(26)15-20(16-7-3-1-4-8-16)24-25-22(27)18-9-5-2-6-10-18/h1-14H,15H2,(H,25,27)/b24-20-. The largest absolute Gasteiger partial charge is 0.294 e. The molecule has 0 fully saturated rings. The molecule has 3 aromatic rings. The molecule has 134 valence electrons. The first-order valence-electron chi connectivity index (χ1n) is 8.39. The number of carbonyl (C=O) groups excluding carboxylic acids is 2. The number of nitrogens with one attached hydrogen (secondary N) is 1. The molecule has 4 nitrogen and oxygen atoms in total. The Hall–Kier alpha value is -3.24. The molecule has 3 rings (SSSR count). The fourth-order valence-corrected chi connectivity index (χ4v) is 2.62. The summed E-state index contributed by atoms with van der Waals surface area (Å²) >= 11 is 5.88. The minimum absolute atomic E-state index is 0.0563. The van der Waals surface area contributed by atoms with Gasteiger partial charge < -0.3 is 0 Å². The van der Waals surface area contributed by atoms with Crippen LogP contribution in [0.2, 0.25) is 5.02 Å². The zero-order valence-electron chi connectivity index (χ0n) is 14.4. The molecular weight excluding hydrogens is 360 g/mol. The number of halogens is 1. The first kappa shape index (κ1) is 18.5. The summed E-state index contributed by atoms with van der Waals surface area (Å²) in [6, 6.07) is 24.8. The highest BCUT2D eigenvalue weighted by atomic mass is 35.5. The van der Waals surface area contributed by atoms with Gasteiger partial charge in [0.15, 0.2) is 5.78 Å². The summed E-state index contributed by atoms with van der Waals surface area (Å²) in [5, 5.41) is 4.79. The van der Waals surface area contributed by atoms with Gasteiger partial charge in [-0.1, -0.05) is 60.1 Å². The second-order valence-electron chi connectivity index (χ2n) is 5.84. The van der Waals surface area contributed by atoms with Crippen molar-refractivity contribution >= 4 is 29.0 Å². The smallest absolute Gasteiger partial charge is 0.271 e. The van der Waals surface area contributed by atoms with Crippen LogP contribution in [0.5, 0.6) is 0 Å². The molecule has 0 aliphatic rings. The van der Waals surface area contributed by atoms with E-state index in [1.165, 1.54) is 0 Å². The predicted octanol–water partition coefficient (Wildman–Crippen LogP) is 4.75. The van der Waals surface area contributed by atoms with E-state index < -0.39 is 0 Å². The van der Waals surface area contributed by atoms with Crippen molar-refractivity contribution in [1.29, 1.82) is 0 Å². The van der Waals surface area contributed by atoms with Crippen LogP contribution in [0.1, 0.15) is 32.7 Å². The summed E-state index contributed by atoms with van der Waals surface area (Å²) < 4.78 is 0. The van der Waals surface area contributed by atoms with E-state index in [0.29, 0.717) is 21.9 Å². The summed E-state index contributed by atoms with van der Waals surface area (Å²) in [6.07, 6.45) is 0.0563. The van der Waals surface area contributed by atoms with Crippen LogP contribution in [0.15, 0.2) is 90.0 Å². The lowest BCUT2D eigenvalue weighted by Gasteiger charge is -2.08.